The number of nitrogens with zero attached hydrogens (tertiary/aromatic N) is 1. The third-order valence-corrected chi connectivity index (χ3v) is 7.15. The lowest BCUT2D eigenvalue weighted by atomic mass is 9.89. The summed E-state index contributed by atoms with van der Waals surface area (Å²) in [7, 11) is 1.15. The Hall–Kier alpha value is -3.65. The zero-order chi connectivity index (χ0) is 28.9. The third kappa shape index (κ3) is 6.87. The molecule has 6 atom stereocenters. The summed E-state index contributed by atoms with van der Waals surface area (Å²) < 4.78 is 32.8. The largest absolute Gasteiger partial charge is 0.466 e. The zero-order valence-corrected chi connectivity index (χ0v) is 22.8. The lowest BCUT2D eigenvalue weighted by Gasteiger charge is -2.46. The van der Waals surface area contributed by atoms with Crippen molar-refractivity contribution in [1.82, 2.24) is 4.90 Å². The van der Waals surface area contributed by atoms with Crippen LogP contribution < -0.4 is 0 Å². The molecule has 39 heavy (non-hydrogen) atoms. The van der Waals surface area contributed by atoms with Crippen LogP contribution in [0.3, 0.4) is 0 Å². The van der Waals surface area contributed by atoms with Crippen LogP contribution in [0.5, 0.6) is 0 Å². The van der Waals surface area contributed by atoms with Crippen molar-refractivity contribution in [2.75, 3.05) is 13.7 Å². The van der Waals surface area contributed by atoms with Crippen molar-refractivity contribution in [3.8, 4) is 0 Å². The van der Waals surface area contributed by atoms with Crippen LogP contribution in [0.2, 0.25) is 0 Å². The molecule has 2 aliphatic rings. The number of ether oxygens (including phenoxy) is 6. The van der Waals surface area contributed by atoms with Gasteiger partial charge < -0.3 is 28.4 Å². The monoisotopic (exact) mass is 567 g/mol. The molecule has 0 aliphatic carbocycles. The molecule has 2 saturated heterocycles. The molecule has 2 aliphatic heterocycles. The smallest absolute Gasteiger partial charge is 0.417 e. The van der Waals surface area contributed by atoms with Crippen LogP contribution in [0.25, 0.3) is 0 Å². The number of fused-ring (bicyclic) bond motifs is 1. The molecule has 0 aromatic heterocycles. The minimum atomic E-state index is -1.85. The lowest BCUT2D eigenvalue weighted by Crippen LogP contribution is -2.65. The van der Waals surface area contributed by atoms with Gasteiger partial charge in [0.2, 0.25) is 10.8 Å². The fourth-order valence-electron chi connectivity index (χ4n) is 4.50. The van der Waals surface area contributed by atoms with E-state index in [-0.39, 0.29) is 6.42 Å². The van der Waals surface area contributed by atoms with E-state index in [0.717, 1.165) is 51.5 Å². The number of thioether (sulfide) groups is 1. The van der Waals surface area contributed by atoms with Crippen LogP contribution >= 0.6 is 11.8 Å². The highest BCUT2D eigenvalue weighted by molar-refractivity contribution is 8.01. The molecule has 1 aromatic carbocycles. The van der Waals surface area contributed by atoms with Gasteiger partial charge in [0, 0.05) is 39.0 Å². The molecule has 0 radical (unpaired) electrons. The number of esters is 4. The number of hydrogen-bond acceptors (Lipinski definition) is 13. The maximum absolute atomic E-state index is 13.3. The average molecular weight is 568 g/mol. The summed E-state index contributed by atoms with van der Waals surface area (Å²) in [6.07, 6.45) is -6.83. The van der Waals surface area contributed by atoms with E-state index in [2.05, 4.69) is 0 Å². The van der Waals surface area contributed by atoms with Gasteiger partial charge in [-0.25, -0.2) is 14.5 Å². The number of carbonyl (C=O) groups is 6. The summed E-state index contributed by atoms with van der Waals surface area (Å²) in [6.45, 7) is 3.86. The molecule has 13 nitrogen and oxygen atoms in total. The van der Waals surface area contributed by atoms with Gasteiger partial charge in [-0.2, -0.15) is 0 Å². The maximum atomic E-state index is 13.3. The van der Waals surface area contributed by atoms with Crippen LogP contribution in [0.15, 0.2) is 35.2 Å². The standard InChI is InChI=1S/C25H29NO12S/c1-13(27)26-20-18(37-24(26)32)11-25(23(31)33-5,39-17-9-7-6-8-10-17)38-22(20)21(36-16(4)30)19(35-15(3)29)12-34-14(2)28/h6-10,18-22H,11-12H2,1-5H3/t18-,19-,20-,21-,22?,25-/m1/s1. The first kappa shape index (κ1) is 29.9. The fraction of sp³-hybridized carbons (Fsp3) is 0.520. The molecule has 14 heteroatoms. The number of hydrogen-bond donors (Lipinski definition) is 0. The quantitative estimate of drug-likeness (QED) is 0.313. The summed E-state index contributed by atoms with van der Waals surface area (Å²) in [6, 6.07) is 7.47. The van der Waals surface area contributed by atoms with Crippen LogP contribution in [-0.2, 0) is 52.4 Å². The van der Waals surface area contributed by atoms with Gasteiger partial charge in [-0.3, -0.25) is 19.2 Å². The van der Waals surface area contributed by atoms with Crippen LogP contribution in [-0.4, -0.2) is 89.9 Å². The van der Waals surface area contributed by atoms with Gasteiger partial charge >= 0.3 is 30.0 Å². The third-order valence-electron chi connectivity index (χ3n) is 5.88. The van der Waals surface area contributed by atoms with Gasteiger partial charge in [0.15, 0.2) is 12.2 Å². The van der Waals surface area contributed by atoms with Crippen molar-refractivity contribution in [2.24, 2.45) is 0 Å². The van der Waals surface area contributed by atoms with Crippen molar-refractivity contribution in [1.29, 1.82) is 0 Å². The van der Waals surface area contributed by atoms with Gasteiger partial charge in [-0.05, 0) is 12.1 Å². The number of benzene rings is 1. The zero-order valence-electron chi connectivity index (χ0n) is 21.9. The van der Waals surface area contributed by atoms with Crippen LogP contribution in [0, 0.1) is 0 Å². The highest BCUT2D eigenvalue weighted by Crippen LogP contribution is 2.48. The second-order valence-electron chi connectivity index (χ2n) is 8.77. The molecule has 0 N–H and O–H groups in total. The molecule has 2 amide bonds. The molecule has 0 saturated carbocycles. The SMILES string of the molecule is COC(=O)[C@]1(Sc2ccccc2)C[C@H]2OC(=O)N(C(C)=O)[C@H]2C([C@H](OC(C)=O)[C@@H](COC(C)=O)OC(C)=O)O1. The first-order valence-corrected chi connectivity index (χ1v) is 12.7. The Morgan fingerprint density at radius 1 is 1.03 bits per heavy atom. The van der Waals surface area contributed by atoms with Gasteiger partial charge in [0.05, 0.1) is 7.11 Å². The summed E-state index contributed by atoms with van der Waals surface area (Å²) in [5, 5.41) is 0. The molecular weight excluding hydrogens is 538 g/mol. The molecule has 2 fully saturated rings. The number of carbonyl (C=O) groups excluding carboxylic acids is 6. The Kier molecular flexibility index (Phi) is 9.56. The molecule has 3 rings (SSSR count). The average Bonchev–Trinajstić information content (AvgIpc) is 3.20. The van der Waals surface area contributed by atoms with E-state index in [4.69, 9.17) is 28.4 Å². The second-order valence-corrected chi connectivity index (χ2v) is 10.1. The van der Waals surface area contributed by atoms with Crippen molar-refractivity contribution in [3.63, 3.8) is 0 Å². The number of rotatable bonds is 9. The molecular formula is C25H29NO12S. The summed E-state index contributed by atoms with van der Waals surface area (Å²) in [4.78, 5) is 73.9. The number of methoxy groups -OCH3 is 1. The van der Waals surface area contributed by atoms with Crippen molar-refractivity contribution in [3.05, 3.63) is 30.3 Å². The summed E-state index contributed by atoms with van der Waals surface area (Å²) in [5.41, 5.74) is 0. The molecule has 0 bridgehead atoms. The molecule has 1 unspecified atom stereocenters. The Bertz CT molecular complexity index is 1130. The van der Waals surface area contributed by atoms with E-state index in [1.54, 1.807) is 30.3 Å². The second kappa shape index (κ2) is 12.5. The van der Waals surface area contributed by atoms with Crippen LogP contribution in [0.4, 0.5) is 4.79 Å². The highest BCUT2D eigenvalue weighted by Gasteiger charge is 2.63. The minimum Gasteiger partial charge on any atom is -0.466 e. The highest BCUT2D eigenvalue weighted by atomic mass is 32.2. The van der Waals surface area contributed by atoms with Gasteiger partial charge in [0.25, 0.3) is 0 Å². The molecule has 212 valence electrons. The van der Waals surface area contributed by atoms with Crippen molar-refractivity contribution < 1.29 is 57.2 Å². The van der Waals surface area contributed by atoms with Gasteiger partial charge in [0.1, 0.15) is 24.9 Å². The molecule has 2 heterocycles. The summed E-state index contributed by atoms with van der Waals surface area (Å²) >= 11 is 0.963. The van der Waals surface area contributed by atoms with E-state index < -0.39 is 77.9 Å². The Labute approximate surface area is 228 Å². The normalized spacial score (nSPS) is 25.4. The Morgan fingerprint density at radius 2 is 1.67 bits per heavy atom. The topological polar surface area (TPSA) is 161 Å². The van der Waals surface area contributed by atoms with E-state index >= 15 is 0 Å². The van der Waals surface area contributed by atoms with Gasteiger partial charge in [-0.15, -0.1) is 0 Å². The maximum Gasteiger partial charge on any atom is 0.417 e. The number of amides is 2. The molecule has 0 spiro atoms. The minimum absolute atomic E-state index is 0.231. The van der Waals surface area contributed by atoms with E-state index in [1.807, 2.05) is 0 Å². The first-order chi connectivity index (χ1) is 18.4. The van der Waals surface area contributed by atoms with Crippen molar-refractivity contribution >= 4 is 47.6 Å². The lowest BCUT2D eigenvalue weighted by molar-refractivity contribution is -0.219. The Morgan fingerprint density at radius 3 is 2.21 bits per heavy atom. The molecule has 1 aromatic rings. The van der Waals surface area contributed by atoms with E-state index in [1.165, 1.54) is 0 Å². The Balaban J connectivity index is 2.18. The summed E-state index contributed by atoms with van der Waals surface area (Å²) in [5.74, 6) is -3.92. The van der Waals surface area contributed by atoms with Crippen LogP contribution in [0.1, 0.15) is 34.1 Å². The predicted octanol–water partition coefficient (Wildman–Crippen LogP) is 1.60. The van der Waals surface area contributed by atoms with Crippen molar-refractivity contribution in [2.45, 2.75) is 74.4 Å². The predicted molar refractivity (Wildman–Crippen MR) is 131 cm³/mol. The fourth-order valence-corrected chi connectivity index (χ4v) is 5.74. The van der Waals surface area contributed by atoms with E-state index in [9.17, 15) is 28.8 Å². The van der Waals surface area contributed by atoms with E-state index in [0.29, 0.717) is 4.90 Å². The first-order valence-electron chi connectivity index (χ1n) is 11.9. The van der Waals surface area contributed by atoms with Gasteiger partial charge in [-0.1, -0.05) is 30.0 Å². The number of imide groups is 1.